The maximum absolute atomic E-state index is 9.26. The van der Waals surface area contributed by atoms with E-state index < -0.39 is 0 Å². The Hall–Kier alpha value is -1.48. The van der Waals surface area contributed by atoms with Crippen LogP contribution in [0.3, 0.4) is 0 Å². The van der Waals surface area contributed by atoms with Crippen molar-refractivity contribution in [1.82, 2.24) is 0 Å². The third-order valence-electron chi connectivity index (χ3n) is 2.00. The van der Waals surface area contributed by atoms with E-state index in [1.807, 2.05) is 6.92 Å². The van der Waals surface area contributed by atoms with Crippen LogP contribution < -0.4 is 5.73 Å². The standard InChI is InChI=1S/C11H15NO2/c1-7(2)5-9(12)8-3-4-10(13)11(14)6-8/h3-4,6,9,13-14H,1,5,12H2,2H3/t9-/m0/s1. The van der Waals surface area contributed by atoms with E-state index in [-0.39, 0.29) is 17.5 Å². The summed E-state index contributed by atoms with van der Waals surface area (Å²) in [7, 11) is 0. The van der Waals surface area contributed by atoms with Gasteiger partial charge in [-0.1, -0.05) is 11.6 Å². The summed E-state index contributed by atoms with van der Waals surface area (Å²) in [4.78, 5) is 0. The van der Waals surface area contributed by atoms with Gasteiger partial charge in [0.2, 0.25) is 0 Å². The molecule has 76 valence electrons. The van der Waals surface area contributed by atoms with Crippen LogP contribution in [0.15, 0.2) is 30.4 Å². The number of nitrogens with two attached hydrogens (primary N) is 1. The van der Waals surface area contributed by atoms with Gasteiger partial charge in [-0.15, -0.1) is 6.58 Å². The minimum Gasteiger partial charge on any atom is -0.504 e. The lowest BCUT2D eigenvalue weighted by Gasteiger charge is -2.12. The third kappa shape index (κ3) is 2.50. The fraction of sp³-hybridized carbons (Fsp3) is 0.273. The van der Waals surface area contributed by atoms with Crippen molar-refractivity contribution in [2.75, 3.05) is 0 Å². The summed E-state index contributed by atoms with van der Waals surface area (Å²) in [6.07, 6.45) is 0.671. The van der Waals surface area contributed by atoms with Crippen molar-refractivity contribution in [3.8, 4) is 11.5 Å². The zero-order chi connectivity index (χ0) is 10.7. The van der Waals surface area contributed by atoms with Gasteiger partial charge in [-0.25, -0.2) is 0 Å². The van der Waals surface area contributed by atoms with Crippen molar-refractivity contribution in [3.05, 3.63) is 35.9 Å². The molecule has 0 aliphatic rings. The zero-order valence-corrected chi connectivity index (χ0v) is 8.20. The number of benzene rings is 1. The van der Waals surface area contributed by atoms with Crippen LogP contribution in [0.1, 0.15) is 24.9 Å². The molecule has 0 heterocycles. The van der Waals surface area contributed by atoms with E-state index >= 15 is 0 Å². The second-order valence-corrected chi connectivity index (χ2v) is 3.52. The molecule has 0 bridgehead atoms. The molecule has 0 radical (unpaired) electrons. The van der Waals surface area contributed by atoms with Crippen LogP contribution in [0.2, 0.25) is 0 Å². The maximum Gasteiger partial charge on any atom is 0.157 e. The average Bonchev–Trinajstić information content (AvgIpc) is 2.08. The van der Waals surface area contributed by atoms with Gasteiger partial charge in [-0.3, -0.25) is 0 Å². The molecular weight excluding hydrogens is 178 g/mol. The van der Waals surface area contributed by atoms with Crippen molar-refractivity contribution in [2.24, 2.45) is 5.73 Å². The summed E-state index contributed by atoms with van der Waals surface area (Å²) in [5.74, 6) is -0.268. The minimum atomic E-state index is -0.181. The average molecular weight is 193 g/mol. The number of rotatable bonds is 3. The van der Waals surface area contributed by atoms with Gasteiger partial charge in [0.05, 0.1) is 0 Å². The van der Waals surface area contributed by atoms with E-state index in [1.54, 1.807) is 6.07 Å². The second-order valence-electron chi connectivity index (χ2n) is 3.52. The van der Waals surface area contributed by atoms with Gasteiger partial charge in [0.25, 0.3) is 0 Å². The van der Waals surface area contributed by atoms with Crippen LogP contribution in [0, 0.1) is 0 Å². The van der Waals surface area contributed by atoms with E-state index in [2.05, 4.69) is 6.58 Å². The molecule has 0 aromatic heterocycles. The Kier molecular flexibility index (Phi) is 3.14. The van der Waals surface area contributed by atoms with Crippen LogP contribution in [0.5, 0.6) is 11.5 Å². The molecule has 0 saturated heterocycles. The highest BCUT2D eigenvalue weighted by Crippen LogP contribution is 2.28. The summed E-state index contributed by atoms with van der Waals surface area (Å²) in [6, 6.07) is 4.42. The van der Waals surface area contributed by atoms with Gasteiger partial charge >= 0.3 is 0 Å². The summed E-state index contributed by atoms with van der Waals surface area (Å²) in [5, 5.41) is 18.4. The van der Waals surface area contributed by atoms with Crippen LogP contribution in [0.25, 0.3) is 0 Å². The van der Waals surface area contributed by atoms with Crippen molar-refractivity contribution >= 4 is 0 Å². The van der Waals surface area contributed by atoms with E-state index in [0.29, 0.717) is 6.42 Å². The first-order valence-electron chi connectivity index (χ1n) is 4.42. The Morgan fingerprint density at radius 1 is 1.43 bits per heavy atom. The highest BCUT2D eigenvalue weighted by Gasteiger charge is 2.08. The lowest BCUT2D eigenvalue weighted by molar-refractivity contribution is 0.402. The van der Waals surface area contributed by atoms with Crippen molar-refractivity contribution in [1.29, 1.82) is 0 Å². The van der Waals surface area contributed by atoms with E-state index in [4.69, 9.17) is 10.8 Å². The Balaban J connectivity index is 2.85. The minimum absolute atomic E-state index is 0.128. The largest absolute Gasteiger partial charge is 0.504 e. The Labute approximate surface area is 83.5 Å². The Bertz CT molecular complexity index is 347. The number of hydrogen-bond donors (Lipinski definition) is 3. The molecular formula is C11H15NO2. The van der Waals surface area contributed by atoms with Crippen LogP contribution in [-0.2, 0) is 0 Å². The van der Waals surface area contributed by atoms with Gasteiger partial charge < -0.3 is 15.9 Å². The molecule has 0 fully saturated rings. The topological polar surface area (TPSA) is 66.5 Å². The highest BCUT2D eigenvalue weighted by atomic mass is 16.3. The van der Waals surface area contributed by atoms with Crippen LogP contribution in [0.4, 0.5) is 0 Å². The summed E-state index contributed by atoms with van der Waals surface area (Å²) in [5.41, 5.74) is 7.65. The normalized spacial score (nSPS) is 12.4. The fourth-order valence-corrected chi connectivity index (χ4v) is 1.26. The predicted octanol–water partition coefficient (Wildman–Crippen LogP) is 2.06. The number of phenols is 2. The molecule has 1 aromatic rings. The summed E-state index contributed by atoms with van der Waals surface area (Å²) in [6.45, 7) is 5.67. The lowest BCUT2D eigenvalue weighted by atomic mass is 10.0. The quantitative estimate of drug-likeness (QED) is 0.508. The molecule has 14 heavy (non-hydrogen) atoms. The first kappa shape index (κ1) is 10.6. The molecule has 3 nitrogen and oxygen atoms in total. The van der Waals surface area contributed by atoms with Gasteiger partial charge in [0.1, 0.15) is 0 Å². The van der Waals surface area contributed by atoms with Crippen molar-refractivity contribution in [3.63, 3.8) is 0 Å². The summed E-state index contributed by atoms with van der Waals surface area (Å²) < 4.78 is 0. The first-order valence-corrected chi connectivity index (χ1v) is 4.42. The van der Waals surface area contributed by atoms with E-state index in [9.17, 15) is 5.11 Å². The molecule has 0 saturated carbocycles. The van der Waals surface area contributed by atoms with Gasteiger partial charge in [0.15, 0.2) is 11.5 Å². The number of aromatic hydroxyl groups is 2. The van der Waals surface area contributed by atoms with Crippen LogP contribution in [-0.4, -0.2) is 10.2 Å². The molecule has 4 N–H and O–H groups in total. The molecule has 0 amide bonds. The van der Waals surface area contributed by atoms with Crippen LogP contribution >= 0.6 is 0 Å². The lowest BCUT2D eigenvalue weighted by Crippen LogP contribution is -2.10. The van der Waals surface area contributed by atoms with E-state index in [0.717, 1.165) is 11.1 Å². The van der Waals surface area contributed by atoms with Gasteiger partial charge in [-0.05, 0) is 31.0 Å². The Morgan fingerprint density at radius 2 is 2.07 bits per heavy atom. The first-order chi connectivity index (χ1) is 6.50. The number of phenolic OH excluding ortho intramolecular Hbond substituents is 2. The van der Waals surface area contributed by atoms with Crippen molar-refractivity contribution in [2.45, 2.75) is 19.4 Å². The molecule has 0 spiro atoms. The summed E-state index contributed by atoms with van der Waals surface area (Å²) >= 11 is 0. The fourth-order valence-electron chi connectivity index (χ4n) is 1.26. The van der Waals surface area contributed by atoms with E-state index in [1.165, 1.54) is 12.1 Å². The molecule has 1 rings (SSSR count). The monoisotopic (exact) mass is 193 g/mol. The maximum atomic E-state index is 9.26. The van der Waals surface area contributed by atoms with Gasteiger partial charge in [0, 0.05) is 6.04 Å². The molecule has 1 atom stereocenters. The Morgan fingerprint density at radius 3 is 2.57 bits per heavy atom. The third-order valence-corrected chi connectivity index (χ3v) is 2.00. The predicted molar refractivity (Wildman–Crippen MR) is 56.1 cm³/mol. The second kappa shape index (κ2) is 4.15. The van der Waals surface area contributed by atoms with Gasteiger partial charge in [-0.2, -0.15) is 0 Å². The van der Waals surface area contributed by atoms with Crippen molar-refractivity contribution < 1.29 is 10.2 Å². The number of hydrogen-bond acceptors (Lipinski definition) is 3. The zero-order valence-electron chi connectivity index (χ0n) is 8.20. The molecule has 1 aromatic carbocycles. The molecule has 0 aliphatic heterocycles. The molecule has 0 unspecified atom stereocenters. The molecule has 3 heteroatoms. The highest BCUT2D eigenvalue weighted by molar-refractivity contribution is 5.41. The SMILES string of the molecule is C=C(C)C[C@H](N)c1ccc(O)c(O)c1. The molecule has 0 aliphatic carbocycles. The smallest absolute Gasteiger partial charge is 0.157 e.